The summed E-state index contributed by atoms with van der Waals surface area (Å²) in [6.45, 7) is 5.97. The number of sulfonamides is 1. The van der Waals surface area contributed by atoms with Crippen LogP contribution in [0.1, 0.15) is 42.0 Å². The highest BCUT2D eigenvalue weighted by molar-refractivity contribution is 9.10. The third-order valence-corrected chi connectivity index (χ3v) is 9.89. The molecule has 1 atom stereocenters. The number of anilines is 1. The Morgan fingerprint density at radius 3 is 2.00 bits per heavy atom. The lowest BCUT2D eigenvalue weighted by Gasteiger charge is -2.34. The zero-order valence-electron chi connectivity index (χ0n) is 25.9. The third kappa shape index (κ3) is 9.28. The SMILES string of the molecule is CCCCNC(=O)[C@H](Cc1ccccc1)N(Cc1ccc(Br)cc1)C(=O)CN(c1ccc(C)cc1)S(=O)(=O)c1ccc(C)cc1. The lowest BCUT2D eigenvalue weighted by atomic mass is 10.0. The van der Waals surface area contributed by atoms with E-state index in [-0.39, 0.29) is 23.8 Å². The first-order chi connectivity index (χ1) is 21.6. The molecule has 0 saturated heterocycles. The van der Waals surface area contributed by atoms with Crippen molar-refractivity contribution in [2.24, 2.45) is 0 Å². The zero-order valence-corrected chi connectivity index (χ0v) is 28.4. The van der Waals surface area contributed by atoms with Crippen molar-refractivity contribution in [2.45, 2.75) is 57.5 Å². The van der Waals surface area contributed by atoms with Gasteiger partial charge in [-0.15, -0.1) is 0 Å². The van der Waals surface area contributed by atoms with Gasteiger partial charge in [0, 0.05) is 24.0 Å². The molecule has 1 N–H and O–H groups in total. The Labute approximate surface area is 275 Å². The summed E-state index contributed by atoms with van der Waals surface area (Å²) >= 11 is 3.47. The topological polar surface area (TPSA) is 86.8 Å². The number of hydrogen-bond acceptors (Lipinski definition) is 4. The summed E-state index contributed by atoms with van der Waals surface area (Å²) in [7, 11) is -4.13. The van der Waals surface area contributed by atoms with Crippen LogP contribution in [0.15, 0.2) is 112 Å². The van der Waals surface area contributed by atoms with Crippen molar-refractivity contribution in [1.82, 2.24) is 10.2 Å². The summed E-state index contributed by atoms with van der Waals surface area (Å²) < 4.78 is 30.3. The average molecular weight is 691 g/mol. The summed E-state index contributed by atoms with van der Waals surface area (Å²) in [6, 6.07) is 29.8. The maximum Gasteiger partial charge on any atom is 0.264 e. The minimum absolute atomic E-state index is 0.0825. The van der Waals surface area contributed by atoms with E-state index in [2.05, 4.69) is 21.2 Å². The molecule has 0 bridgehead atoms. The largest absolute Gasteiger partial charge is 0.354 e. The number of unbranched alkanes of at least 4 members (excludes halogenated alkanes) is 1. The molecule has 0 aliphatic carbocycles. The highest BCUT2D eigenvalue weighted by Crippen LogP contribution is 2.26. The molecule has 0 unspecified atom stereocenters. The van der Waals surface area contributed by atoms with E-state index < -0.39 is 28.5 Å². The number of carbonyl (C=O) groups excluding carboxylic acids is 2. The van der Waals surface area contributed by atoms with Gasteiger partial charge in [-0.3, -0.25) is 13.9 Å². The molecule has 0 radical (unpaired) electrons. The first-order valence-electron chi connectivity index (χ1n) is 15.1. The monoisotopic (exact) mass is 689 g/mol. The number of amides is 2. The van der Waals surface area contributed by atoms with Gasteiger partial charge < -0.3 is 10.2 Å². The lowest BCUT2D eigenvalue weighted by Crippen LogP contribution is -2.53. The van der Waals surface area contributed by atoms with E-state index in [1.165, 1.54) is 4.90 Å². The lowest BCUT2D eigenvalue weighted by molar-refractivity contribution is -0.140. The van der Waals surface area contributed by atoms with E-state index in [1.807, 2.05) is 87.5 Å². The van der Waals surface area contributed by atoms with Gasteiger partial charge in [-0.2, -0.15) is 0 Å². The molecule has 7 nitrogen and oxygen atoms in total. The van der Waals surface area contributed by atoms with Crippen LogP contribution >= 0.6 is 15.9 Å². The standard InChI is InChI=1S/C36H40BrN3O4S/c1-4-5-23-38-36(42)34(24-29-9-7-6-8-10-29)39(25-30-15-17-31(37)18-16-30)35(41)26-40(32-19-11-27(2)12-20-32)45(43,44)33-21-13-28(3)14-22-33/h6-22,34H,4-5,23-26H2,1-3H3,(H,38,42)/t34-/m0/s1. The Morgan fingerprint density at radius 2 is 1.40 bits per heavy atom. The van der Waals surface area contributed by atoms with Crippen molar-refractivity contribution >= 4 is 43.5 Å². The number of aryl methyl sites for hydroxylation is 2. The Morgan fingerprint density at radius 1 is 0.800 bits per heavy atom. The zero-order chi connectivity index (χ0) is 32.4. The molecule has 9 heteroatoms. The van der Waals surface area contributed by atoms with Gasteiger partial charge in [-0.1, -0.05) is 107 Å². The van der Waals surface area contributed by atoms with E-state index in [9.17, 15) is 18.0 Å². The van der Waals surface area contributed by atoms with E-state index in [4.69, 9.17) is 0 Å². The predicted octanol–water partition coefficient (Wildman–Crippen LogP) is 6.82. The summed E-state index contributed by atoms with van der Waals surface area (Å²) in [6.07, 6.45) is 1.99. The van der Waals surface area contributed by atoms with Crippen molar-refractivity contribution in [3.63, 3.8) is 0 Å². The number of rotatable bonds is 14. The van der Waals surface area contributed by atoms with E-state index in [0.29, 0.717) is 12.2 Å². The quantitative estimate of drug-likeness (QED) is 0.147. The van der Waals surface area contributed by atoms with Crippen LogP contribution in [0.3, 0.4) is 0 Å². The number of nitrogens with one attached hydrogen (secondary N) is 1. The predicted molar refractivity (Wildman–Crippen MR) is 183 cm³/mol. The molecule has 4 aromatic rings. The highest BCUT2D eigenvalue weighted by atomic mass is 79.9. The number of carbonyl (C=O) groups is 2. The highest BCUT2D eigenvalue weighted by Gasteiger charge is 2.34. The van der Waals surface area contributed by atoms with Gasteiger partial charge in [0.05, 0.1) is 10.6 Å². The summed E-state index contributed by atoms with van der Waals surface area (Å²) in [4.78, 5) is 29.9. The Hall–Kier alpha value is -3.95. The molecule has 0 aliphatic rings. The fourth-order valence-corrected chi connectivity index (χ4v) is 6.60. The van der Waals surface area contributed by atoms with Crippen LogP contribution in [0.2, 0.25) is 0 Å². The maximum absolute atomic E-state index is 14.5. The van der Waals surface area contributed by atoms with Crippen LogP contribution in [0.4, 0.5) is 5.69 Å². The van der Waals surface area contributed by atoms with E-state index in [1.54, 1.807) is 36.4 Å². The second-order valence-electron chi connectivity index (χ2n) is 11.2. The van der Waals surface area contributed by atoms with Gasteiger partial charge in [0.25, 0.3) is 10.0 Å². The average Bonchev–Trinajstić information content (AvgIpc) is 3.03. The van der Waals surface area contributed by atoms with Gasteiger partial charge in [0.1, 0.15) is 12.6 Å². The molecule has 0 aliphatic heterocycles. The fraction of sp³-hybridized carbons (Fsp3) is 0.278. The molecule has 236 valence electrons. The molecule has 4 aromatic carbocycles. The van der Waals surface area contributed by atoms with Gasteiger partial charge in [-0.25, -0.2) is 8.42 Å². The number of nitrogens with zero attached hydrogens (tertiary/aromatic N) is 2. The second-order valence-corrected chi connectivity index (χ2v) is 13.9. The smallest absolute Gasteiger partial charge is 0.264 e. The van der Waals surface area contributed by atoms with Crippen LogP contribution in [0, 0.1) is 13.8 Å². The van der Waals surface area contributed by atoms with Crippen molar-refractivity contribution in [3.8, 4) is 0 Å². The van der Waals surface area contributed by atoms with Crippen molar-refractivity contribution in [1.29, 1.82) is 0 Å². The van der Waals surface area contributed by atoms with Gasteiger partial charge >= 0.3 is 0 Å². The van der Waals surface area contributed by atoms with Crippen molar-refractivity contribution < 1.29 is 18.0 Å². The first kappa shape index (κ1) is 33.9. The molecule has 0 aromatic heterocycles. The van der Waals surface area contributed by atoms with E-state index >= 15 is 0 Å². The molecule has 0 saturated carbocycles. The van der Waals surface area contributed by atoms with Crippen molar-refractivity contribution in [3.05, 3.63) is 130 Å². The molecule has 0 fully saturated rings. The molecular weight excluding hydrogens is 650 g/mol. The Balaban J connectivity index is 1.78. The molecule has 2 amide bonds. The van der Waals surface area contributed by atoms with Crippen molar-refractivity contribution in [2.75, 3.05) is 17.4 Å². The van der Waals surface area contributed by atoms with Crippen LogP contribution in [0.5, 0.6) is 0 Å². The summed E-state index contributed by atoms with van der Waals surface area (Å²) in [5, 5.41) is 3.01. The number of benzene rings is 4. The van der Waals surface area contributed by atoms with Gasteiger partial charge in [0.2, 0.25) is 11.8 Å². The van der Waals surface area contributed by atoms with E-state index in [0.717, 1.165) is 43.9 Å². The molecule has 4 rings (SSSR count). The first-order valence-corrected chi connectivity index (χ1v) is 17.3. The molecular formula is C36H40BrN3O4S. The number of hydrogen-bond donors (Lipinski definition) is 1. The van der Waals surface area contributed by atoms with Crippen LogP contribution in [-0.4, -0.2) is 44.3 Å². The Kier molecular flexibility index (Phi) is 12.0. The molecule has 0 heterocycles. The van der Waals surface area contributed by atoms with Gasteiger partial charge in [0.15, 0.2) is 0 Å². The Bertz CT molecular complexity index is 1660. The van der Waals surface area contributed by atoms with Gasteiger partial charge in [-0.05, 0) is 67.8 Å². The van der Waals surface area contributed by atoms with Crippen LogP contribution < -0.4 is 9.62 Å². The fourth-order valence-electron chi connectivity index (χ4n) is 4.92. The maximum atomic E-state index is 14.5. The number of halogens is 1. The minimum Gasteiger partial charge on any atom is -0.354 e. The van der Waals surface area contributed by atoms with Crippen LogP contribution in [-0.2, 0) is 32.6 Å². The molecule has 0 spiro atoms. The second kappa shape index (κ2) is 15.9. The summed E-state index contributed by atoms with van der Waals surface area (Å²) in [5.41, 5.74) is 3.95. The summed E-state index contributed by atoms with van der Waals surface area (Å²) in [5.74, 6) is -0.762. The minimum atomic E-state index is -4.13. The van der Waals surface area contributed by atoms with Crippen LogP contribution in [0.25, 0.3) is 0 Å². The molecule has 45 heavy (non-hydrogen) atoms. The third-order valence-electron chi connectivity index (χ3n) is 7.58. The normalized spacial score (nSPS) is 11.9.